The number of rotatable bonds is 12. The summed E-state index contributed by atoms with van der Waals surface area (Å²) in [5.74, 6) is -1.34. The molecule has 0 fully saturated rings. The third-order valence-corrected chi connectivity index (χ3v) is 2.92. The van der Waals surface area contributed by atoms with Crippen molar-refractivity contribution in [3.63, 3.8) is 0 Å². The molecule has 0 bridgehead atoms. The lowest BCUT2D eigenvalue weighted by atomic mass is 10.3. The van der Waals surface area contributed by atoms with E-state index in [4.69, 9.17) is 18.9 Å². The quantitative estimate of drug-likeness (QED) is 0.337. The fraction of sp³-hybridized carbons (Fsp3) is 1.00. The highest BCUT2D eigenvalue weighted by molar-refractivity contribution is 7.32. The summed E-state index contributed by atoms with van der Waals surface area (Å²) in [7, 11) is -3.09. The fourth-order valence-corrected chi connectivity index (χ4v) is 1.97. The third kappa shape index (κ3) is 8.22. The van der Waals surface area contributed by atoms with E-state index in [9.17, 15) is 4.57 Å². The van der Waals surface area contributed by atoms with E-state index in [1.807, 2.05) is 6.92 Å². The molecule has 0 aromatic carbocycles. The highest BCUT2D eigenvalue weighted by atomic mass is 31.1. The van der Waals surface area contributed by atoms with E-state index in [1.165, 1.54) is 0 Å². The molecule has 0 spiro atoms. The van der Waals surface area contributed by atoms with Crippen molar-refractivity contribution in [2.24, 2.45) is 0 Å². The van der Waals surface area contributed by atoms with Gasteiger partial charge in [-0.15, -0.1) is 0 Å². The van der Waals surface area contributed by atoms with Crippen molar-refractivity contribution in [2.45, 2.75) is 65.3 Å². The molecule has 5 nitrogen and oxygen atoms in total. The van der Waals surface area contributed by atoms with Crippen LogP contribution in [0.15, 0.2) is 0 Å². The van der Waals surface area contributed by atoms with Gasteiger partial charge in [0.2, 0.25) is 0 Å². The van der Waals surface area contributed by atoms with Crippen LogP contribution in [0, 0.1) is 0 Å². The van der Waals surface area contributed by atoms with E-state index in [1.54, 1.807) is 0 Å². The largest absolute Gasteiger partial charge is 0.327 e. The van der Waals surface area contributed by atoms with Gasteiger partial charge in [-0.1, -0.05) is 33.6 Å². The van der Waals surface area contributed by atoms with Crippen molar-refractivity contribution in [1.29, 1.82) is 0 Å². The highest BCUT2D eigenvalue weighted by Gasteiger charge is 2.34. The number of hydrogen-bond acceptors (Lipinski definition) is 4. The Hall–Kier alpha value is 0.0700. The average molecular weight is 282 g/mol. The standard InChI is InChI=1S/C12H27O5P/c1-4-7-10-15-12(9-6-3,17-18(13)14)16-11-8-5-2/h18H,4-11H2,1-3H3,(H,13,14). The summed E-state index contributed by atoms with van der Waals surface area (Å²) < 4.78 is 27.2. The molecule has 0 aliphatic heterocycles. The van der Waals surface area contributed by atoms with Crippen LogP contribution < -0.4 is 0 Å². The Balaban J connectivity index is 4.49. The van der Waals surface area contributed by atoms with Gasteiger partial charge in [0, 0.05) is 6.42 Å². The van der Waals surface area contributed by atoms with E-state index < -0.39 is 14.2 Å². The molecule has 0 saturated heterocycles. The van der Waals surface area contributed by atoms with Crippen molar-refractivity contribution in [2.75, 3.05) is 13.2 Å². The van der Waals surface area contributed by atoms with Crippen LogP contribution in [-0.4, -0.2) is 24.1 Å². The minimum atomic E-state index is -3.09. The molecule has 110 valence electrons. The fourth-order valence-electron chi connectivity index (χ4n) is 1.48. The zero-order chi connectivity index (χ0) is 13.9. The highest BCUT2D eigenvalue weighted by Crippen LogP contribution is 2.32. The minimum Gasteiger partial charge on any atom is -0.327 e. The molecule has 0 heterocycles. The van der Waals surface area contributed by atoms with Crippen LogP contribution in [0.5, 0.6) is 0 Å². The average Bonchev–Trinajstić information content (AvgIpc) is 2.29. The van der Waals surface area contributed by atoms with Crippen molar-refractivity contribution >= 4 is 8.25 Å². The van der Waals surface area contributed by atoms with Crippen molar-refractivity contribution in [3.8, 4) is 0 Å². The molecule has 0 amide bonds. The molecular weight excluding hydrogens is 255 g/mol. The molecule has 1 N–H and O–H groups in total. The van der Waals surface area contributed by atoms with Crippen LogP contribution >= 0.6 is 8.25 Å². The topological polar surface area (TPSA) is 65.0 Å². The molecule has 0 saturated carbocycles. The predicted molar refractivity (Wildman–Crippen MR) is 71.7 cm³/mol. The van der Waals surface area contributed by atoms with Gasteiger partial charge in [-0.25, -0.2) is 0 Å². The summed E-state index contributed by atoms with van der Waals surface area (Å²) in [5, 5.41) is 0. The first-order chi connectivity index (χ1) is 8.60. The van der Waals surface area contributed by atoms with E-state index in [0.29, 0.717) is 19.6 Å². The van der Waals surface area contributed by atoms with Crippen LogP contribution in [0.25, 0.3) is 0 Å². The van der Waals surface area contributed by atoms with Gasteiger partial charge in [0.25, 0.3) is 5.97 Å². The van der Waals surface area contributed by atoms with Gasteiger partial charge in [-0.05, 0) is 19.3 Å². The molecule has 18 heavy (non-hydrogen) atoms. The molecule has 1 atom stereocenters. The zero-order valence-electron chi connectivity index (χ0n) is 11.7. The van der Waals surface area contributed by atoms with Gasteiger partial charge in [-0.2, -0.15) is 0 Å². The molecule has 0 aromatic heterocycles. The van der Waals surface area contributed by atoms with Crippen LogP contribution in [0.4, 0.5) is 0 Å². The first-order valence-electron chi connectivity index (χ1n) is 6.80. The Morgan fingerprint density at radius 3 is 1.83 bits per heavy atom. The Bertz CT molecular complexity index is 213. The maximum atomic E-state index is 11.0. The lowest BCUT2D eigenvalue weighted by Crippen LogP contribution is -2.38. The maximum absolute atomic E-state index is 11.0. The van der Waals surface area contributed by atoms with Gasteiger partial charge >= 0.3 is 8.25 Å². The van der Waals surface area contributed by atoms with Crippen LogP contribution in [0.3, 0.4) is 0 Å². The van der Waals surface area contributed by atoms with Crippen LogP contribution in [0.2, 0.25) is 0 Å². The van der Waals surface area contributed by atoms with Gasteiger partial charge in [0.1, 0.15) is 0 Å². The molecule has 0 aromatic rings. The first kappa shape index (κ1) is 18.1. The SMILES string of the molecule is CCCCOC(CCC)(OCCCC)O[PH](=O)O. The minimum absolute atomic E-state index is 0.456. The van der Waals surface area contributed by atoms with Crippen LogP contribution in [0.1, 0.15) is 59.3 Å². The lowest BCUT2D eigenvalue weighted by Gasteiger charge is -2.31. The predicted octanol–water partition coefficient (Wildman–Crippen LogP) is 3.47. The van der Waals surface area contributed by atoms with E-state index in [2.05, 4.69) is 13.8 Å². The number of unbranched alkanes of at least 4 members (excludes halogenated alkanes) is 2. The second kappa shape index (κ2) is 10.9. The smallest absolute Gasteiger partial charge is 0.320 e. The molecule has 0 radical (unpaired) electrons. The van der Waals surface area contributed by atoms with Gasteiger partial charge in [-0.3, -0.25) is 9.09 Å². The lowest BCUT2D eigenvalue weighted by molar-refractivity contribution is -0.347. The summed E-state index contributed by atoms with van der Waals surface area (Å²) in [4.78, 5) is 8.99. The molecule has 0 aliphatic carbocycles. The monoisotopic (exact) mass is 282 g/mol. The first-order valence-corrected chi connectivity index (χ1v) is 8.06. The summed E-state index contributed by atoms with van der Waals surface area (Å²) >= 11 is 0. The molecule has 1 unspecified atom stereocenters. The summed E-state index contributed by atoms with van der Waals surface area (Å²) in [6.07, 6.45) is 4.94. The summed E-state index contributed by atoms with van der Waals surface area (Å²) in [6, 6.07) is 0. The van der Waals surface area contributed by atoms with Gasteiger partial charge < -0.3 is 14.4 Å². The maximum Gasteiger partial charge on any atom is 0.320 e. The summed E-state index contributed by atoms with van der Waals surface area (Å²) in [6.45, 7) is 7.01. The zero-order valence-corrected chi connectivity index (χ0v) is 12.7. The van der Waals surface area contributed by atoms with E-state index in [-0.39, 0.29) is 0 Å². The van der Waals surface area contributed by atoms with E-state index >= 15 is 0 Å². The third-order valence-electron chi connectivity index (χ3n) is 2.44. The normalized spacial score (nSPS) is 13.8. The van der Waals surface area contributed by atoms with Gasteiger partial charge in [0.15, 0.2) is 0 Å². The van der Waals surface area contributed by atoms with Crippen molar-refractivity contribution in [1.82, 2.24) is 0 Å². The number of hydrogen-bond donors (Lipinski definition) is 1. The second-order valence-corrected chi connectivity index (χ2v) is 4.94. The molecule has 0 rings (SSSR count). The Morgan fingerprint density at radius 1 is 1.00 bits per heavy atom. The van der Waals surface area contributed by atoms with Crippen LogP contribution in [-0.2, 0) is 18.6 Å². The Kier molecular flexibility index (Phi) is 11.0. The van der Waals surface area contributed by atoms with Gasteiger partial charge in [0.05, 0.1) is 13.2 Å². The Labute approximate surface area is 111 Å². The van der Waals surface area contributed by atoms with E-state index in [0.717, 1.165) is 32.1 Å². The van der Waals surface area contributed by atoms with Crippen molar-refractivity contribution < 1.29 is 23.5 Å². The second-order valence-electron chi connectivity index (χ2n) is 4.21. The summed E-state index contributed by atoms with van der Waals surface area (Å²) in [5.41, 5.74) is 0. The molecule has 6 heteroatoms. The number of ether oxygens (including phenoxy) is 2. The Morgan fingerprint density at radius 2 is 1.50 bits per heavy atom. The van der Waals surface area contributed by atoms with Crippen molar-refractivity contribution in [3.05, 3.63) is 0 Å². The molecular formula is C12H27O5P. The molecule has 0 aliphatic rings.